The van der Waals surface area contributed by atoms with Crippen molar-refractivity contribution in [2.75, 3.05) is 26.3 Å². The third kappa shape index (κ3) is 6.99. The van der Waals surface area contributed by atoms with Crippen LogP contribution in [0.3, 0.4) is 0 Å². The van der Waals surface area contributed by atoms with E-state index in [1.54, 1.807) is 0 Å². The van der Waals surface area contributed by atoms with Gasteiger partial charge in [-0.25, -0.2) is 0 Å². The first kappa shape index (κ1) is 15.5. The fraction of sp³-hybridized carbons (Fsp3) is 0.571. The lowest BCUT2D eigenvalue weighted by atomic mass is 10.1. The van der Waals surface area contributed by atoms with Gasteiger partial charge in [-0.3, -0.25) is 0 Å². The van der Waals surface area contributed by atoms with Crippen LogP contribution in [0.25, 0.3) is 0 Å². The third-order valence-electron chi connectivity index (χ3n) is 2.72. The van der Waals surface area contributed by atoms with E-state index in [4.69, 9.17) is 9.84 Å². The molecule has 1 atom stereocenters. The van der Waals surface area contributed by atoms with Gasteiger partial charge in [0, 0.05) is 17.6 Å². The number of ether oxygens (including phenoxy) is 1. The maximum atomic E-state index is 8.88. The molecule has 0 aromatic heterocycles. The van der Waals surface area contributed by atoms with Gasteiger partial charge in [0.25, 0.3) is 0 Å². The molecule has 0 aliphatic rings. The smallest absolute Gasteiger partial charge is 0.119 e. The Balaban J connectivity index is 1.97. The number of nitrogens with one attached hydrogen (secondary N) is 1. The molecule has 0 fully saturated rings. The summed E-state index contributed by atoms with van der Waals surface area (Å²) < 4.78 is 6.65. The molecule has 0 saturated heterocycles. The molecule has 0 radical (unpaired) electrons. The van der Waals surface area contributed by atoms with Gasteiger partial charge < -0.3 is 15.2 Å². The summed E-state index contributed by atoms with van der Waals surface area (Å²) in [7, 11) is 0. The van der Waals surface area contributed by atoms with E-state index in [-0.39, 0.29) is 6.61 Å². The van der Waals surface area contributed by atoms with Crippen molar-refractivity contribution in [2.45, 2.75) is 19.8 Å². The summed E-state index contributed by atoms with van der Waals surface area (Å²) in [6.45, 7) is 4.86. The molecule has 1 aromatic rings. The highest BCUT2D eigenvalue weighted by atomic mass is 79.9. The van der Waals surface area contributed by atoms with Crippen molar-refractivity contribution >= 4 is 15.9 Å². The second-order valence-electron chi connectivity index (χ2n) is 4.48. The molecule has 102 valence electrons. The van der Waals surface area contributed by atoms with Crippen LogP contribution < -0.4 is 10.1 Å². The van der Waals surface area contributed by atoms with Gasteiger partial charge >= 0.3 is 0 Å². The Morgan fingerprint density at radius 2 is 2.00 bits per heavy atom. The Morgan fingerprint density at radius 3 is 2.67 bits per heavy atom. The molecule has 0 aliphatic heterocycles. The lowest BCUT2D eigenvalue weighted by molar-refractivity contribution is 0.227. The number of benzene rings is 1. The van der Waals surface area contributed by atoms with Gasteiger partial charge in [0.2, 0.25) is 0 Å². The zero-order valence-corrected chi connectivity index (χ0v) is 12.4. The van der Waals surface area contributed by atoms with Gasteiger partial charge in [0.1, 0.15) is 12.4 Å². The molecule has 1 rings (SSSR count). The van der Waals surface area contributed by atoms with Crippen molar-refractivity contribution in [3.63, 3.8) is 0 Å². The third-order valence-corrected chi connectivity index (χ3v) is 3.25. The number of hydrogen-bond acceptors (Lipinski definition) is 3. The number of halogens is 1. The van der Waals surface area contributed by atoms with Gasteiger partial charge in [0.15, 0.2) is 0 Å². The van der Waals surface area contributed by atoms with Crippen molar-refractivity contribution in [3.05, 3.63) is 28.7 Å². The Morgan fingerprint density at radius 1 is 1.28 bits per heavy atom. The van der Waals surface area contributed by atoms with Gasteiger partial charge in [-0.05, 0) is 49.6 Å². The fourth-order valence-corrected chi connectivity index (χ4v) is 1.83. The number of aliphatic hydroxyl groups excluding tert-OH is 1. The Hall–Kier alpha value is -0.580. The average molecular weight is 316 g/mol. The molecule has 0 bridgehead atoms. The molecule has 0 spiro atoms. The molecule has 1 aromatic carbocycles. The van der Waals surface area contributed by atoms with Crippen LogP contribution in [0.1, 0.15) is 19.8 Å². The number of rotatable bonds is 9. The van der Waals surface area contributed by atoms with Crippen LogP contribution in [0.5, 0.6) is 5.75 Å². The second kappa shape index (κ2) is 9.36. The number of aliphatic hydroxyl groups is 1. The zero-order valence-electron chi connectivity index (χ0n) is 10.9. The molecule has 0 amide bonds. The second-order valence-corrected chi connectivity index (χ2v) is 5.40. The van der Waals surface area contributed by atoms with Crippen molar-refractivity contribution in [2.24, 2.45) is 5.92 Å². The molecule has 2 N–H and O–H groups in total. The quantitative estimate of drug-likeness (QED) is 0.688. The first-order valence-corrected chi connectivity index (χ1v) is 7.21. The van der Waals surface area contributed by atoms with E-state index in [0.29, 0.717) is 12.5 Å². The van der Waals surface area contributed by atoms with Crippen LogP contribution in [-0.4, -0.2) is 31.4 Å². The average Bonchev–Trinajstić information content (AvgIpc) is 2.39. The molecular formula is C14H22BrNO2. The first-order chi connectivity index (χ1) is 8.72. The van der Waals surface area contributed by atoms with E-state index in [0.717, 1.165) is 36.2 Å². The summed E-state index contributed by atoms with van der Waals surface area (Å²) in [5.74, 6) is 1.31. The van der Waals surface area contributed by atoms with Gasteiger partial charge in [-0.15, -0.1) is 0 Å². The molecule has 0 heterocycles. The van der Waals surface area contributed by atoms with E-state index in [9.17, 15) is 0 Å². The largest absolute Gasteiger partial charge is 0.492 e. The molecule has 3 nitrogen and oxygen atoms in total. The van der Waals surface area contributed by atoms with Crippen LogP contribution in [-0.2, 0) is 0 Å². The lowest BCUT2D eigenvalue weighted by Crippen LogP contribution is -2.22. The standard InChI is InChI=1S/C14H22BrNO2/c1-12(11-17)3-2-8-16-9-10-18-14-6-4-13(15)5-7-14/h4-7,12,16-17H,2-3,8-11H2,1H3. The predicted molar refractivity (Wildman–Crippen MR) is 78.0 cm³/mol. The highest BCUT2D eigenvalue weighted by molar-refractivity contribution is 9.10. The first-order valence-electron chi connectivity index (χ1n) is 6.42. The maximum Gasteiger partial charge on any atom is 0.119 e. The highest BCUT2D eigenvalue weighted by Gasteiger charge is 1.98. The zero-order chi connectivity index (χ0) is 13.2. The summed E-state index contributed by atoms with van der Waals surface area (Å²) >= 11 is 3.39. The monoisotopic (exact) mass is 315 g/mol. The van der Waals surface area contributed by atoms with E-state index >= 15 is 0 Å². The van der Waals surface area contributed by atoms with E-state index < -0.39 is 0 Å². The highest BCUT2D eigenvalue weighted by Crippen LogP contribution is 2.15. The summed E-state index contributed by atoms with van der Waals surface area (Å²) in [5, 5.41) is 12.2. The minimum absolute atomic E-state index is 0.284. The lowest BCUT2D eigenvalue weighted by Gasteiger charge is -2.09. The van der Waals surface area contributed by atoms with Crippen molar-refractivity contribution in [3.8, 4) is 5.75 Å². The summed E-state index contributed by atoms with van der Waals surface area (Å²) in [4.78, 5) is 0. The predicted octanol–water partition coefficient (Wildman–Crippen LogP) is 2.83. The number of hydrogen-bond donors (Lipinski definition) is 2. The molecule has 1 unspecified atom stereocenters. The maximum absolute atomic E-state index is 8.88. The summed E-state index contributed by atoms with van der Waals surface area (Å²) in [6, 6.07) is 7.85. The topological polar surface area (TPSA) is 41.5 Å². The van der Waals surface area contributed by atoms with E-state index in [2.05, 4.69) is 28.2 Å². The van der Waals surface area contributed by atoms with Crippen molar-refractivity contribution in [1.82, 2.24) is 5.32 Å². The van der Waals surface area contributed by atoms with Crippen molar-refractivity contribution < 1.29 is 9.84 Å². The molecule has 4 heteroatoms. The Labute approximate surface area is 118 Å². The van der Waals surface area contributed by atoms with Crippen LogP contribution in [0.2, 0.25) is 0 Å². The SMILES string of the molecule is CC(CO)CCCNCCOc1ccc(Br)cc1. The van der Waals surface area contributed by atoms with Crippen LogP contribution in [0.4, 0.5) is 0 Å². The summed E-state index contributed by atoms with van der Waals surface area (Å²) in [5.41, 5.74) is 0. The minimum atomic E-state index is 0.284. The summed E-state index contributed by atoms with van der Waals surface area (Å²) in [6.07, 6.45) is 2.16. The van der Waals surface area contributed by atoms with Gasteiger partial charge in [0.05, 0.1) is 0 Å². The molecule has 0 saturated carbocycles. The van der Waals surface area contributed by atoms with Gasteiger partial charge in [-0.2, -0.15) is 0 Å². The Kier molecular flexibility index (Phi) is 8.05. The van der Waals surface area contributed by atoms with Crippen molar-refractivity contribution in [1.29, 1.82) is 0 Å². The molecule has 18 heavy (non-hydrogen) atoms. The Bertz CT molecular complexity index is 316. The normalized spacial score (nSPS) is 12.4. The molecular weight excluding hydrogens is 294 g/mol. The minimum Gasteiger partial charge on any atom is -0.492 e. The van der Waals surface area contributed by atoms with Crippen LogP contribution in [0.15, 0.2) is 28.7 Å². The van der Waals surface area contributed by atoms with E-state index in [1.165, 1.54) is 0 Å². The fourth-order valence-electron chi connectivity index (χ4n) is 1.56. The molecule has 0 aliphatic carbocycles. The van der Waals surface area contributed by atoms with Gasteiger partial charge in [-0.1, -0.05) is 22.9 Å². The van der Waals surface area contributed by atoms with Crippen LogP contribution >= 0.6 is 15.9 Å². The van der Waals surface area contributed by atoms with Crippen LogP contribution in [0, 0.1) is 5.92 Å². The van der Waals surface area contributed by atoms with E-state index in [1.807, 2.05) is 24.3 Å².